The Morgan fingerprint density at radius 2 is 1.88 bits per heavy atom. The van der Waals surface area contributed by atoms with Crippen LogP contribution >= 0.6 is 12.4 Å². The minimum absolute atomic E-state index is 0. The van der Waals surface area contributed by atoms with Gasteiger partial charge in [-0.25, -0.2) is 4.68 Å². The number of carbonyl (C=O) groups is 1. The van der Waals surface area contributed by atoms with Crippen molar-refractivity contribution in [2.24, 2.45) is 5.73 Å². The van der Waals surface area contributed by atoms with Crippen molar-refractivity contribution in [3.05, 3.63) is 47.8 Å². The summed E-state index contributed by atoms with van der Waals surface area (Å²) in [6.07, 6.45) is -2.47. The first kappa shape index (κ1) is 18.3. The third kappa shape index (κ3) is 3.70. The monoisotopic (exact) mass is 360 g/mol. The fourth-order valence-corrected chi connectivity index (χ4v) is 2.53. The number of halogens is 4. The van der Waals surface area contributed by atoms with Crippen LogP contribution in [-0.4, -0.2) is 39.7 Å². The lowest BCUT2D eigenvalue weighted by Crippen LogP contribution is -2.31. The Labute approximate surface area is 142 Å². The number of carbonyl (C=O) groups excluding carboxylic acids is 1. The van der Waals surface area contributed by atoms with Gasteiger partial charge < -0.3 is 10.6 Å². The number of likely N-dealkylation sites (tertiary alicyclic amines) is 1. The average Bonchev–Trinajstić information content (AvgIpc) is 3.15. The van der Waals surface area contributed by atoms with Gasteiger partial charge in [-0.1, -0.05) is 0 Å². The first-order valence-electron chi connectivity index (χ1n) is 7.13. The van der Waals surface area contributed by atoms with Crippen LogP contribution < -0.4 is 5.73 Å². The Balaban J connectivity index is 0.00000208. The van der Waals surface area contributed by atoms with Crippen LogP contribution in [0.5, 0.6) is 0 Å². The second-order valence-electron chi connectivity index (χ2n) is 5.49. The van der Waals surface area contributed by atoms with Crippen molar-refractivity contribution < 1.29 is 18.0 Å². The quantitative estimate of drug-likeness (QED) is 0.895. The molecule has 0 bridgehead atoms. The molecule has 1 aromatic heterocycles. The number of nitrogens with zero attached hydrogens (tertiary/aromatic N) is 3. The molecule has 130 valence electrons. The van der Waals surface area contributed by atoms with Crippen LogP contribution in [-0.2, 0) is 6.18 Å². The highest BCUT2D eigenvalue weighted by Gasteiger charge is 2.33. The molecule has 0 spiro atoms. The number of rotatable bonds is 2. The van der Waals surface area contributed by atoms with E-state index in [1.165, 1.54) is 6.20 Å². The predicted molar refractivity (Wildman–Crippen MR) is 84.3 cm³/mol. The number of hydrogen-bond donors (Lipinski definition) is 1. The van der Waals surface area contributed by atoms with Gasteiger partial charge in [0, 0.05) is 30.9 Å². The Morgan fingerprint density at radius 3 is 2.38 bits per heavy atom. The number of benzene rings is 1. The molecule has 0 radical (unpaired) electrons. The molecule has 9 heteroatoms. The van der Waals surface area contributed by atoms with E-state index in [4.69, 9.17) is 5.73 Å². The topological polar surface area (TPSA) is 64.2 Å². The molecule has 0 unspecified atom stereocenters. The van der Waals surface area contributed by atoms with E-state index in [0.717, 1.165) is 17.2 Å². The molecule has 2 N–H and O–H groups in total. The van der Waals surface area contributed by atoms with E-state index in [9.17, 15) is 18.0 Å². The van der Waals surface area contributed by atoms with Crippen LogP contribution in [0.1, 0.15) is 22.5 Å². The molecule has 0 saturated carbocycles. The standard InChI is InChI=1S/C15H15F3N4O.ClH/c16-15(17,18)13-6-8-22(20-13)12-3-1-10(2-4-12)14(23)21-7-5-11(19)9-21;/h1-4,6,8,11H,5,7,9,19H2;1H/t11-;/m0./s1. The molecule has 2 aromatic rings. The second kappa shape index (κ2) is 6.82. The van der Waals surface area contributed by atoms with Gasteiger partial charge in [0.2, 0.25) is 0 Å². The smallest absolute Gasteiger partial charge is 0.337 e. The van der Waals surface area contributed by atoms with Crippen molar-refractivity contribution in [2.75, 3.05) is 13.1 Å². The zero-order valence-corrected chi connectivity index (χ0v) is 13.3. The summed E-state index contributed by atoms with van der Waals surface area (Å²) < 4.78 is 38.8. The zero-order valence-electron chi connectivity index (χ0n) is 12.5. The lowest BCUT2D eigenvalue weighted by Gasteiger charge is -2.15. The molecule has 1 aliphatic rings. The van der Waals surface area contributed by atoms with Crippen molar-refractivity contribution >= 4 is 18.3 Å². The lowest BCUT2D eigenvalue weighted by atomic mass is 10.2. The van der Waals surface area contributed by atoms with E-state index >= 15 is 0 Å². The fourth-order valence-electron chi connectivity index (χ4n) is 2.53. The fraction of sp³-hybridized carbons (Fsp3) is 0.333. The molecular weight excluding hydrogens is 345 g/mol. The largest absolute Gasteiger partial charge is 0.435 e. The summed E-state index contributed by atoms with van der Waals surface area (Å²) in [5.74, 6) is -0.124. The van der Waals surface area contributed by atoms with Gasteiger partial charge >= 0.3 is 6.18 Å². The van der Waals surface area contributed by atoms with Crippen LogP contribution in [0.25, 0.3) is 5.69 Å². The molecule has 5 nitrogen and oxygen atoms in total. The maximum Gasteiger partial charge on any atom is 0.435 e. The van der Waals surface area contributed by atoms with Crippen molar-refractivity contribution in [1.29, 1.82) is 0 Å². The van der Waals surface area contributed by atoms with E-state index in [0.29, 0.717) is 24.3 Å². The van der Waals surface area contributed by atoms with Crippen LogP contribution in [0.3, 0.4) is 0 Å². The number of amides is 1. The van der Waals surface area contributed by atoms with Gasteiger partial charge in [0.25, 0.3) is 5.91 Å². The summed E-state index contributed by atoms with van der Waals surface area (Å²) >= 11 is 0. The van der Waals surface area contributed by atoms with Gasteiger partial charge in [0.05, 0.1) is 5.69 Å². The van der Waals surface area contributed by atoms with E-state index < -0.39 is 11.9 Å². The Hall–Kier alpha value is -2.06. The van der Waals surface area contributed by atoms with Gasteiger partial charge in [-0.2, -0.15) is 18.3 Å². The van der Waals surface area contributed by atoms with E-state index in [1.807, 2.05) is 0 Å². The van der Waals surface area contributed by atoms with Gasteiger partial charge in [0.1, 0.15) is 0 Å². The minimum Gasteiger partial charge on any atom is -0.337 e. The highest BCUT2D eigenvalue weighted by molar-refractivity contribution is 5.94. The molecular formula is C15H16ClF3N4O. The van der Waals surface area contributed by atoms with Gasteiger partial charge in [-0.05, 0) is 36.8 Å². The molecule has 2 heterocycles. The second-order valence-corrected chi connectivity index (χ2v) is 5.49. The molecule has 24 heavy (non-hydrogen) atoms. The molecule has 3 rings (SSSR count). The van der Waals surface area contributed by atoms with Crippen molar-refractivity contribution in [2.45, 2.75) is 18.6 Å². The third-order valence-electron chi connectivity index (χ3n) is 3.77. The summed E-state index contributed by atoms with van der Waals surface area (Å²) in [6.45, 7) is 1.14. The summed E-state index contributed by atoms with van der Waals surface area (Å²) in [6, 6.07) is 7.20. The minimum atomic E-state index is -4.48. The first-order chi connectivity index (χ1) is 10.8. The van der Waals surface area contributed by atoms with Gasteiger partial charge in [-0.15, -0.1) is 12.4 Å². The summed E-state index contributed by atoms with van der Waals surface area (Å²) in [7, 11) is 0. The van der Waals surface area contributed by atoms with Crippen LogP contribution in [0.4, 0.5) is 13.2 Å². The lowest BCUT2D eigenvalue weighted by molar-refractivity contribution is -0.141. The number of aromatic nitrogens is 2. The molecule has 1 atom stereocenters. The molecule has 1 saturated heterocycles. The molecule has 1 fully saturated rings. The summed E-state index contributed by atoms with van der Waals surface area (Å²) in [5.41, 5.74) is 5.76. The first-order valence-corrected chi connectivity index (χ1v) is 7.13. The normalized spacial score (nSPS) is 17.7. The Morgan fingerprint density at radius 1 is 1.21 bits per heavy atom. The summed E-state index contributed by atoms with van der Waals surface area (Å²) in [4.78, 5) is 14.0. The maximum atomic E-state index is 12.6. The number of hydrogen-bond acceptors (Lipinski definition) is 3. The molecule has 1 amide bonds. The van der Waals surface area contributed by atoms with Crippen molar-refractivity contribution in [3.8, 4) is 5.69 Å². The van der Waals surface area contributed by atoms with E-state index in [-0.39, 0.29) is 24.4 Å². The average molecular weight is 361 g/mol. The van der Waals surface area contributed by atoms with Crippen LogP contribution in [0.15, 0.2) is 36.5 Å². The predicted octanol–water partition coefficient (Wildman–Crippen LogP) is 2.49. The van der Waals surface area contributed by atoms with Crippen molar-refractivity contribution in [3.63, 3.8) is 0 Å². The Kier molecular flexibility index (Phi) is 5.19. The zero-order chi connectivity index (χ0) is 16.6. The Bertz CT molecular complexity index is 714. The molecule has 1 aromatic carbocycles. The molecule has 0 aliphatic carbocycles. The highest BCUT2D eigenvalue weighted by atomic mass is 35.5. The van der Waals surface area contributed by atoms with Gasteiger partial charge in [-0.3, -0.25) is 4.79 Å². The third-order valence-corrected chi connectivity index (χ3v) is 3.77. The van der Waals surface area contributed by atoms with Gasteiger partial charge in [0.15, 0.2) is 5.69 Å². The van der Waals surface area contributed by atoms with Crippen LogP contribution in [0, 0.1) is 0 Å². The van der Waals surface area contributed by atoms with Crippen LogP contribution in [0.2, 0.25) is 0 Å². The maximum absolute atomic E-state index is 12.6. The summed E-state index contributed by atoms with van der Waals surface area (Å²) in [5, 5.41) is 3.49. The van der Waals surface area contributed by atoms with Crippen molar-refractivity contribution in [1.82, 2.24) is 14.7 Å². The van der Waals surface area contributed by atoms with E-state index in [2.05, 4.69) is 5.10 Å². The highest BCUT2D eigenvalue weighted by Crippen LogP contribution is 2.27. The molecule has 1 aliphatic heterocycles. The van der Waals surface area contributed by atoms with E-state index in [1.54, 1.807) is 29.2 Å². The number of nitrogens with two attached hydrogens (primary N) is 1. The number of alkyl halides is 3. The SMILES string of the molecule is Cl.N[C@H]1CCN(C(=O)c2ccc(-n3ccc(C(F)(F)F)n3)cc2)C1.